The predicted molar refractivity (Wildman–Crippen MR) is 108 cm³/mol. The first-order valence-corrected chi connectivity index (χ1v) is 9.92. The van der Waals surface area contributed by atoms with Gasteiger partial charge in [0, 0.05) is 18.4 Å². The molecule has 1 aromatic carbocycles. The van der Waals surface area contributed by atoms with Crippen LogP contribution in [0.5, 0.6) is 11.5 Å². The van der Waals surface area contributed by atoms with Crippen molar-refractivity contribution in [3.05, 3.63) is 34.3 Å². The van der Waals surface area contributed by atoms with Gasteiger partial charge >= 0.3 is 0 Å². The normalized spacial score (nSPS) is 22.9. The van der Waals surface area contributed by atoms with Crippen molar-refractivity contribution in [2.75, 3.05) is 14.2 Å². The van der Waals surface area contributed by atoms with Crippen molar-refractivity contribution >= 4 is 23.2 Å². The third-order valence-electron chi connectivity index (χ3n) is 5.52. The molecule has 2 atom stereocenters. The zero-order valence-corrected chi connectivity index (χ0v) is 18.4. The van der Waals surface area contributed by atoms with E-state index in [2.05, 4.69) is 10.1 Å². The number of aromatic nitrogens is 2. The van der Waals surface area contributed by atoms with Gasteiger partial charge in [-0.05, 0) is 19.9 Å². The van der Waals surface area contributed by atoms with E-state index in [-0.39, 0.29) is 57.3 Å². The van der Waals surface area contributed by atoms with Crippen LogP contribution < -0.4 is 9.47 Å². The molecule has 31 heavy (non-hydrogen) atoms. The van der Waals surface area contributed by atoms with Crippen LogP contribution in [0.2, 0.25) is 5.02 Å². The molecule has 1 aliphatic carbocycles. The van der Waals surface area contributed by atoms with Crippen LogP contribution in [0.1, 0.15) is 43.4 Å². The molecule has 2 heterocycles. The molecule has 0 fully saturated rings. The summed E-state index contributed by atoms with van der Waals surface area (Å²) in [6.07, 6.45) is 1.39. The summed E-state index contributed by atoms with van der Waals surface area (Å²) in [6.45, 7) is 4.77. The molecule has 2 aromatic rings. The highest BCUT2D eigenvalue weighted by Gasteiger charge is 2.59. The van der Waals surface area contributed by atoms with Gasteiger partial charge in [-0.3, -0.25) is 9.59 Å². The zero-order chi connectivity index (χ0) is 22.7. The Morgan fingerprint density at radius 2 is 2.00 bits per heavy atom. The summed E-state index contributed by atoms with van der Waals surface area (Å²) in [7, 11) is 2.78. The number of hydrogen-bond acceptors (Lipinski definition) is 9. The fourth-order valence-corrected chi connectivity index (χ4v) is 4.18. The van der Waals surface area contributed by atoms with E-state index in [1.807, 2.05) is 0 Å². The Balaban J connectivity index is 1.90. The number of Topliss-reactive ketones (excluding diaryl/α,β-unsaturated/α-hetero) is 1. The predicted octanol–water partition coefficient (Wildman–Crippen LogP) is 3.08. The number of hydrogen-bond donors (Lipinski definition) is 1. The molecular formula is C21H21ClN2O7. The third kappa shape index (κ3) is 3.02. The summed E-state index contributed by atoms with van der Waals surface area (Å²) in [5.74, 6) is -0.611. The molecule has 2 aliphatic rings. The number of allylic oxidation sites excluding steroid dienone is 1. The summed E-state index contributed by atoms with van der Waals surface area (Å²) in [5, 5.41) is 14.0. The average Bonchev–Trinajstić information content (AvgIpc) is 3.31. The second-order valence-corrected chi connectivity index (χ2v) is 8.46. The largest absolute Gasteiger partial charge is 0.496 e. The quantitative estimate of drug-likeness (QED) is 0.751. The molecule has 164 valence electrons. The number of carbonyl (C=O) groups excluding carboxylic acids is 2. The first-order valence-electron chi connectivity index (χ1n) is 9.54. The number of methoxy groups -OCH3 is 2. The van der Waals surface area contributed by atoms with Crippen molar-refractivity contribution in [3.8, 4) is 23.0 Å². The maximum atomic E-state index is 13.6. The molecule has 0 radical (unpaired) electrons. The number of nitrogens with zero attached hydrogens (tertiary/aromatic N) is 2. The van der Waals surface area contributed by atoms with E-state index in [1.54, 1.807) is 6.92 Å². The fraction of sp³-hybridized carbons (Fsp3) is 0.429. The number of fused-ring (bicyclic) bond motifs is 1. The molecule has 0 amide bonds. The van der Waals surface area contributed by atoms with E-state index in [4.69, 9.17) is 30.3 Å². The Hall–Kier alpha value is -2.91. The highest BCUT2D eigenvalue weighted by atomic mass is 35.5. The smallest absolute Gasteiger partial charge is 0.259 e. The number of rotatable bonds is 4. The third-order valence-corrected chi connectivity index (χ3v) is 5.89. The van der Waals surface area contributed by atoms with Crippen molar-refractivity contribution in [1.29, 1.82) is 0 Å². The van der Waals surface area contributed by atoms with E-state index in [1.165, 1.54) is 40.2 Å². The summed E-state index contributed by atoms with van der Waals surface area (Å²) < 4.78 is 22.3. The molecule has 1 aliphatic heterocycles. The highest BCUT2D eigenvalue weighted by Crippen LogP contribution is 2.54. The number of halogens is 1. The number of benzene rings is 1. The zero-order valence-electron chi connectivity index (χ0n) is 17.6. The van der Waals surface area contributed by atoms with Crippen LogP contribution in [0, 0.1) is 5.92 Å². The lowest BCUT2D eigenvalue weighted by atomic mass is 9.75. The van der Waals surface area contributed by atoms with Gasteiger partial charge in [-0.1, -0.05) is 23.7 Å². The molecule has 1 spiro atoms. The molecule has 1 aromatic heterocycles. The van der Waals surface area contributed by atoms with Crippen molar-refractivity contribution in [3.63, 3.8) is 0 Å². The Morgan fingerprint density at radius 1 is 1.29 bits per heavy atom. The molecule has 0 bridgehead atoms. The topological polar surface area (TPSA) is 121 Å². The Morgan fingerprint density at radius 3 is 2.58 bits per heavy atom. The van der Waals surface area contributed by atoms with Gasteiger partial charge in [0.25, 0.3) is 5.89 Å². The molecule has 0 saturated heterocycles. The van der Waals surface area contributed by atoms with E-state index in [9.17, 15) is 14.7 Å². The average molecular weight is 449 g/mol. The van der Waals surface area contributed by atoms with Crippen molar-refractivity contribution in [1.82, 2.24) is 10.1 Å². The second kappa shape index (κ2) is 7.06. The van der Waals surface area contributed by atoms with Gasteiger partial charge in [-0.15, -0.1) is 0 Å². The highest BCUT2D eigenvalue weighted by molar-refractivity contribution is 6.36. The molecule has 0 saturated carbocycles. The van der Waals surface area contributed by atoms with Gasteiger partial charge in [0.1, 0.15) is 16.9 Å². The van der Waals surface area contributed by atoms with Gasteiger partial charge < -0.3 is 23.8 Å². The van der Waals surface area contributed by atoms with Gasteiger partial charge in [0.2, 0.25) is 17.2 Å². The van der Waals surface area contributed by atoms with Crippen LogP contribution in [0.15, 0.2) is 22.4 Å². The van der Waals surface area contributed by atoms with Crippen LogP contribution in [0.3, 0.4) is 0 Å². The number of carbonyl (C=O) groups is 2. The summed E-state index contributed by atoms with van der Waals surface area (Å²) in [5.41, 5.74) is -2.45. The lowest BCUT2D eigenvalue weighted by Crippen LogP contribution is -2.51. The molecule has 9 nitrogen and oxygen atoms in total. The van der Waals surface area contributed by atoms with Gasteiger partial charge in [-0.2, -0.15) is 4.98 Å². The molecule has 4 rings (SSSR count). The Labute approximate surface area is 182 Å². The lowest BCUT2D eigenvalue weighted by molar-refractivity contribution is -0.118. The molecule has 0 unspecified atom stereocenters. The van der Waals surface area contributed by atoms with Crippen LogP contribution >= 0.6 is 11.6 Å². The monoisotopic (exact) mass is 448 g/mol. The van der Waals surface area contributed by atoms with Crippen LogP contribution in [-0.2, 0) is 15.1 Å². The number of ether oxygens (including phenoxy) is 3. The first-order chi connectivity index (χ1) is 14.5. The van der Waals surface area contributed by atoms with E-state index >= 15 is 0 Å². The van der Waals surface area contributed by atoms with Crippen molar-refractivity contribution in [2.45, 2.75) is 38.4 Å². The standard InChI is InChI=1S/C21H21ClN2O7/c1-9-6-10(25)7-13(29-5)21(9)17(26)14-12(28-4)8-11(15(22)16(14)30-21)18-23-19(24-31-18)20(2,3)27/h7-9,27H,6H2,1-5H3/t9-,21+/m1/s1. The SMILES string of the molecule is COC1=CC(=O)C[C@@H](C)[C@]12Oc1c(Cl)c(-c3nc(C(C)(C)O)no3)cc(OC)c1C2=O. The minimum Gasteiger partial charge on any atom is -0.496 e. The van der Waals surface area contributed by atoms with E-state index < -0.39 is 22.9 Å². The maximum Gasteiger partial charge on any atom is 0.259 e. The second-order valence-electron chi connectivity index (χ2n) is 8.08. The van der Waals surface area contributed by atoms with Crippen molar-refractivity contribution < 1.29 is 33.4 Å². The van der Waals surface area contributed by atoms with Crippen molar-refractivity contribution in [2.24, 2.45) is 5.92 Å². The Bertz CT molecular complexity index is 1130. The van der Waals surface area contributed by atoms with E-state index in [0.29, 0.717) is 0 Å². The molecular weight excluding hydrogens is 428 g/mol. The number of aliphatic hydroxyl groups is 1. The minimum atomic E-state index is -1.53. The summed E-state index contributed by atoms with van der Waals surface area (Å²) in [4.78, 5) is 29.9. The number of ketones is 2. The van der Waals surface area contributed by atoms with Gasteiger partial charge in [0.05, 0.1) is 24.8 Å². The lowest BCUT2D eigenvalue weighted by Gasteiger charge is -2.36. The van der Waals surface area contributed by atoms with Crippen LogP contribution in [0.25, 0.3) is 11.5 Å². The fourth-order valence-electron chi connectivity index (χ4n) is 3.91. The van der Waals surface area contributed by atoms with Crippen LogP contribution in [-0.4, -0.2) is 46.6 Å². The summed E-state index contributed by atoms with van der Waals surface area (Å²) in [6, 6.07) is 1.50. The minimum absolute atomic E-state index is 0.0228. The van der Waals surface area contributed by atoms with E-state index in [0.717, 1.165) is 0 Å². The van der Waals surface area contributed by atoms with Gasteiger partial charge in [0.15, 0.2) is 17.3 Å². The molecule has 1 N–H and O–H groups in total. The summed E-state index contributed by atoms with van der Waals surface area (Å²) >= 11 is 6.63. The van der Waals surface area contributed by atoms with Gasteiger partial charge in [-0.25, -0.2) is 0 Å². The van der Waals surface area contributed by atoms with Crippen LogP contribution in [0.4, 0.5) is 0 Å². The maximum absolute atomic E-state index is 13.6. The first kappa shape index (κ1) is 21.3. The molecule has 10 heteroatoms. The Kier molecular flexibility index (Phi) is 4.86.